The smallest absolute Gasteiger partial charge is 0.273 e. The van der Waals surface area contributed by atoms with E-state index >= 15 is 8.78 Å². The van der Waals surface area contributed by atoms with Crippen molar-refractivity contribution in [1.29, 1.82) is 0 Å². The highest BCUT2D eigenvalue weighted by atomic mass is 19.3. The van der Waals surface area contributed by atoms with E-state index in [-0.39, 0.29) is 44.2 Å². The maximum atomic E-state index is 16.0. The summed E-state index contributed by atoms with van der Waals surface area (Å²) in [5, 5.41) is 7.63. The number of piperidine rings is 2. The summed E-state index contributed by atoms with van der Waals surface area (Å²) in [4.78, 5) is 40.3. The number of imide groups is 1. The SMILES string of the molecule is Cn1cc2cc(CN3CCC4(COc5c4ccc4c5CN([C@H]5CCC(=O)NC5=O)C4=O)C(F)(F)C3)ccc2n1. The number of amides is 3. The fourth-order valence-electron chi connectivity index (χ4n) is 6.67. The van der Waals surface area contributed by atoms with Gasteiger partial charge >= 0.3 is 0 Å². The fraction of sp³-hybridized carbons (Fsp3) is 0.429. The zero-order valence-electron chi connectivity index (χ0n) is 21.4. The van der Waals surface area contributed by atoms with Crippen molar-refractivity contribution in [2.24, 2.45) is 7.05 Å². The number of likely N-dealkylation sites (tertiary alicyclic amines) is 1. The van der Waals surface area contributed by atoms with E-state index in [4.69, 9.17) is 4.74 Å². The number of ether oxygens (including phenoxy) is 1. The Balaban J connectivity index is 1.13. The van der Waals surface area contributed by atoms with Gasteiger partial charge in [0.1, 0.15) is 18.4 Å². The maximum Gasteiger partial charge on any atom is 0.273 e. The third kappa shape index (κ3) is 3.59. The highest BCUT2D eigenvalue weighted by Crippen LogP contribution is 2.55. The molecule has 2 saturated heterocycles. The van der Waals surface area contributed by atoms with E-state index in [0.717, 1.165) is 16.5 Å². The van der Waals surface area contributed by atoms with E-state index in [9.17, 15) is 14.4 Å². The van der Waals surface area contributed by atoms with E-state index in [1.165, 1.54) is 4.90 Å². The van der Waals surface area contributed by atoms with Crippen molar-refractivity contribution in [3.8, 4) is 5.75 Å². The largest absolute Gasteiger partial charge is 0.492 e. The number of carbonyl (C=O) groups is 3. The van der Waals surface area contributed by atoms with Gasteiger partial charge in [-0.15, -0.1) is 0 Å². The van der Waals surface area contributed by atoms with Crippen molar-refractivity contribution < 1.29 is 27.9 Å². The normalized spacial score (nSPS) is 26.2. The number of hydrogen-bond acceptors (Lipinski definition) is 6. The van der Waals surface area contributed by atoms with Crippen molar-refractivity contribution in [2.45, 2.75) is 49.7 Å². The molecule has 1 aromatic heterocycles. The molecule has 11 heteroatoms. The van der Waals surface area contributed by atoms with Crippen LogP contribution in [0.4, 0.5) is 8.78 Å². The molecule has 3 aromatic rings. The molecule has 1 spiro atoms. The molecule has 202 valence electrons. The highest BCUT2D eigenvalue weighted by molar-refractivity contribution is 6.05. The van der Waals surface area contributed by atoms with Gasteiger partial charge in [-0.2, -0.15) is 5.10 Å². The van der Waals surface area contributed by atoms with E-state index < -0.39 is 29.8 Å². The first-order valence-corrected chi connectivity index (χ1v) is 13.1. The lowest BCUT2D eigenvalue weighted by atomic mass is 9.71. The van der Waals surface area contributed by atoms with Crippen LogP contribution >= 0.6 is 0 Å². The first-order chi connectivity index (χ1) is 18.6. The molecule has 0 aliphatic carbocycles. The predicted molar refractivity (Wildman–Crippen MR) is 135 cm³/mol. The summed E-state index contributed by atoms with van der Waals surface area (Å²) in [6, 6.07) is 8.25. The van der Waals surface area contributed by atoms with Gasteiger partial charge in [0.15, 0.2) is 0 Å². The van der Waals surface area contributed by atoms with Crippen LogP contribution in [0, 0.1) is 0 Å². The first kappa shape index (κ1) is 24.2. The second kappa shape index (κ2) is 8.32. The molecule has 1 unspecified atom stereocenters. The minimum Gasteiger partial charge on any atom is -0.492 e. The molecule has 2 fully saturated rings. The molecule has 3 amide bonds. The van der Waals surface area contributed by atoms with Crippen LogP contribution in [0.3, 0.4) is 0 Å². The van der Waals surface area contributed by atoms with E-state index in [2.05, 4.69) is 10.4 Å². The molecule has 4 aliphatic rings. The maximum absolute atomic E-state index is 16.0. The Kier molecular flexibility index (Phi) is 5.16. The zero-order valence-corrected chi connectivity index (χ0v) is 21.4. The van der Waals surface area contributed by atoms with E-state index in [1.54, 1.807) is 21.7 Å². The Bertz CT molecular complexity index is 1570. The minimum absolute atomic E-state index is 0.0915. The number of alkyl halides is 2. The van der Waals surface area contributed by atoms with E-state index in [0.29, 0.717) is 35.5 Å². The summed E-state index contributed by atoms with van der Waals surface area (Å²) in [6.07, 6.45) is 2.51. The van der Waals surface area contributed by atoms with Gasteiger partial charge in [-0.3, -0.25) is 29.3 Å². The third-order valence-corrected chi connectivity index (χ3v) is 8.71. The lowest BCUT2D eigenvalue weighted by Gasteiger charge is -2.44. The molecular formula is C28H27F2N5O4. The Morgan fingerprint density at radius 1 is 1.18 bits per heavy atom. The molecule has 4 aliphatic heterocycles. The van der Waals surface area contributed by atoms with Crippen LogP contribution in [0.25, 0.3) is 10.9 Å². The van der Waals surface area contributed by atoms with E-state index in [1.807, 2.05) is 31.4 Å². The highest BCUT2D eigenvalue weighted by Gasteiger charge is 2.62. The van der Waals surface area contributed by atoms with Crippen LogP contribution in [0.15, 0.2) is 36.5 Å². The average Bonchev–Trinajstić information content (AvgIpc) is 3.55. The standard InChI is InChI=1S/C28H27F2N5O4/c1-33-12-17-10-16(2-5-21(17)32-33)11-34-9-8-27(28(29,30)14-34)15-39-24-19-13-35(22-6-7-23(36)31-25(22)37)26(38)18(19)3-4-20(24)27/h2-5,10,12,22H,6-9,11,13-15H2,1H3,(H,31,36,37)/t22-,27?/m0/s1. The topological polar surface area (TPSA) is 96.8 Å². The quantitative estimate of drug-likeness (QED) is 0.518. The van der Waals surface area contributed by atoms with Gasteiger partial charge < -0.3 is 9.64 Å². The van der Waals surface area contributed by atoms with Crippen LogP contribution in [-0.2, 0) is 35.1 Å². The average molecular weight is 536 g/mol. The van der Waals surface area contributed by atoms with Gasteiger partial charge in [-0.05, 0) is 43.1 Å². The molecular weight excluding hydrogens is 508 g/mol. The number of carbonyl (C=O) groups excluding carboxylic acids is 3. The first-order valence-electron chi connectivity index (χ1n) is 13.1. The molecule has 2 atom stereocenters. The van der Waals surface area contributed by atoms with Gasteiger partial charge in [0, 0.05) is 48.3 Å². The molecule has 0 radical (unpaired) electrons. The van der Waals surface area contributed by atoms with Crippen LogP contribution in [0.1, 0.15) is 46.3 Å². The summed E-state index contributed by atoms with van der Waals surface area (Å²) in [7, 11) is 1.85. The van der Waals surface area contributed by atoms with Crippen molar-refractivity contribution in [2.75, 3.05) is 19.7 Å². The molecule has 0 saturated carbocycles. The van der Waals surface area contributed by atoms with Gasteiger partial charge in [0.05, 0.1) is 24.0 Å². The van der Waals surface area contributed by atoms with Crippen molar-refractivity contribution in [3.05, 3.63) is 58.8 Å². The number of aryl methyl sites for hydroxylation is 1. The second-order valence-electron chi connectivity index (χ2n) is 11.1. The van der Waals surface area contributed by atoms with Crippen LogP contribution in [-0.4, -0.2) is 69.0 Å². The lowest BCUT2D eigenvalue weighted by Crippen LogP contribution is -2.58. The summed E-state index contributed by atoms with van der Waals surface area (Å²) < 4.78 is 39.8. The number of fused-ring (bicyclic) bond motifs is 5. The second-order valence-corrected chi connectivity index (χ2v) is 11.1. The van der Waals surface area contributed by atoms with Crippen LogP contribution < -0.4 is 10.1 Å². The number of aromatic nitrogens is 2. The van der Waals surface area contributed by atoms with Crippen molar-refractivity contribution >= 4 is 28.6 Å². The number of rotatable bonds is 3. The Labute approximate surface area is 222 Å². The summed E-state index contributed by atoms with van der Waals surface area (Å²) in [6.45, 7) is 0.410. The van der Waals surface area contributed by atoms with Gasteiger partial charge in [0.25, 0.3) is 11.8 Å². The number of hydrogen-bond donors (Lipinski definition) is 1. The molecule has 7 rings (SSSR count). The van der Waals surface area contributed by atoms with Gasteiger partial charge in [-0.1, -0.05) is 12.1 Å². The molecule has 5 heterocycles. The molecule has 2 aromatic carbocycles. The third-order valence-electron chi connectivity index (χ3n) is 8.71. The Morgan fingerprint density at radius 2 is 2.03 bits per heavy atom. The Morgan fingerprint density at radius 3 is 2.82 bits per heavy atom. The van der Waals surface area contributed by atoms with Crippen LogP contribution in [0.2, 0.25) is 0 Å². The number of nitrogens with one attached hydrogen (secondary N) is 1. The number of nitrogens with zero attached hydrogens (tertiary/aromatic N) is 4. The van der Waals surface area contributed by atoms with Crippen LogP contribution in [0.5, 0.6) is 5.75 Å². The fourth-order valence-corrected chi connectivity index (χ4v) is 6.67. The summed E-state index contributed by atoms with van der Waals surface area (Å²) in [5.41, 5.74) is 1.68. The predicted octanol–water partition coefficient (Wildman–Crippen LogP) is 2.51. The number of halogens is 2. The molecule has 9 nitrogen and oxygen atoms in total. The molecule has 0 bridgehead atoms. The summed E-state index contributed by atoms with van der Waals surface area (Å²) >= 11 is 0. The molecule has 1 N–H and O–H groups in total. The van der Waals surface area contributed by atoms with Crippen molar-refractivity contribution in [1.82, 2.24) is 24.9 Å². The molecule has 39 heavy (non-hydrogen) atoms. The Hall–Kier alpha value is -3.86. The summed E-state index contributed by atoms with van der Waals surface area (Å²) in [5.74, 6) is -3.94. The number of benzene rings is 2. The van der Waals surface area contributed by atoms with Gasteiger partial charge in [0.2, 0.25) is 11.8 Å². The zero-order chi connectivity index (χ0) is 27.1. The van der Waals surface area contributed by atoms with Crippen molar-refractivity contribution in [3.63, 3.8) is 0 Å². The lowest BCUT2D eigenvalue weighted by molar-refractivity contribution is -0.137. The monoisotopic (exact) mass is 535 g/mol. The minimum atomic E-state index is -3.06. The van der Waals surface area contributed by atoms with Gasteiger partial charge in [-0.25, -0.2) is 8.78 Å².